The zero-order valence-electron chi connectivity index (χ0n) is 15.1. The maximum atomic E-state index is 13.2. The van der Waals surface area contributed by atoms with E-state index in [-0.39, 0.29) is 11.4 Å². The van der Waals surface area contributed by atoms with E-state index in [1.807, 2.05) is 0 Å². The van der Waals surface area contributed by atoms with Gasteiger partial charge in [0.2, 0.25) is 0 Å². The van der Waals surface area contributed by atoms with Crippen molar-refractivity contribution in [2.45, 2.75) is 24.9 Å². The molecule has 0 bridgehead atoms. The number of hydrogen-bond acceptors (Lipinski definition) is 3. The maximum Gasteiger partial charge on any atom is 0.394 e. The Morgan fingerprint density at radius 3 is 2.25 bits per heavy atom. The zero-order valence-corrected chi connectivity index (χ0v) is 15.9. The van der Waals surface area contributed by atoms with Crippen LogP contribution in [-0.2, 0) is 16.9 Å². The molecule has 0 radical (unpaired) electrons. The molecule has 1 aromatic heterocycles. The second kappa shape index (κ2) is 7.19. The molecule has 2 rings (SSSR count). The minimum atomic E-state index is -4.73. The number of sulfone groups is 1. The maximum absolute atomic E-state index is 13.2. The highest BCUT2D eigenvalue weighted by molar-refractivity contribution is 7.91. The van der Waals surface area contributed by atoms with Gasteiger partial charge in [-0.1, -0.05) is 13.8 Å². The Morgan fingerprint density at radius 2 is 1.71 bits per heavy atom. The largest absolute Gasteiger partial charge is 0.394 e. The molecule has 0 saturated carbocycles. The second-order valence-corrected chi connectivity index (χ2v) is 8.89. The number of aryl methyl sites for hydroxylation is 1. The highest BCUT2D eigenvalue weighted by Crippen LogP contribution is 2.39. The molecule has 0 fully saturated rings. The average molecular weight is 424 g/mol. The Kier molecular flexibility index (Phi) is 5.61. The number of halogens is 5. The van der Waals surface area contributed by atoms with Crippen LogP contribution < -0.4 is 5.32 Å². The van der Waals surface area contributed by atoms with E-state index in [4.69, 9.17) is 0 Å². The molecule has 0 atom stereocenters. The lowest BCUT2D eigenvalue weighted by molar-refractivity contribution is -0.203. The zero-order chi connectivity index (χ0) is 21.5. The molecular formula is C17H17F5N2O3S. The summed E-state index contributed by atoms with van der Waals surface area (Å²) in [5.41, 5.74) is -2.75. The van der Waals surface area contributed by atoms with Gasteiger partial charge >= 0.3 is 6.18 Å². The van der Waals surface area contributed by atoms with Gasteiger partial charge < -0.3 is 9.88 Å². The molecule has 1 aromatic carbocycles. The SMILES string of the molecule is Cn1cc(S(=O)(=O)CC(C)(C)C(F)(F)F)cc1C(=O)Nc1ccc(F)c(F)c1. The molecule has 0 aliphatic heterocycles. The number of carbonyl (C=O) groups excluding carboxylic acids is 1. The first-order valence-corrected chi connectivity index (χ1v) is 9.51. The number of rotatable bonds is 5. The number of nitrogens with one attached hydrogen (secondary N) is 1. The fourth-order valence-corrected chi connectivity index (χ4v) is 4.23. The van der Waals surface area contributed by atoms with Crippen molar-refractivity contribution in [2.24, 2.45) is 12.5 Å². The lowest BCUT2D eigenvalue weighted by atomic mass is 9.96. The van der Waals surface area contributed by atoms with Crippen LogP contribution in [0.3, 0.4) is 0 Å². The molecular weight excluding hydrogens is 407 g/mol. The van der Waals surface area contributed by atoms with Crippen molar-refractivity contribution in [3.05, 3.63) is 47.8 Å². The first kappa shape index (κ1) is 21.9. The van der Waals surface area contributed by atoms with Crippen LogP contribution >= 0.6 is 0 Å². The van der Waals surface area contributed by atoms with Crippen molar-refractivity contribution >= 4 is 21.4 Å². The molecule has 5 nitrogen and oxygen atoms in total. The summed E-state index contributed by atoms with van der Waals surface area (Å²) in [4.78, 5) is 11.8. The summed E-state index contributed by atoms with van der Waals surface area (Å²) in [5.74, 6) is -4.34. The predicted octanol–water partition coefficient (Wildman–Crippen LogP) is 3.92. The number of anilines is 1. The summed E-state index contributed by atoms with van der Waals surface area (Å²) in [6.45, 7) is 1.54. The lowest BCUT2D eigenvalue weighted by Crippen LogP contribution is -2.38. The fraction of sp³-hybridized carbons (Fsp3) is 0.353. The van der Waals surface area contributed by atoms with Gasteiger partial charge in [-0.25, -0.2) is 17.2 Å². The van der Waals surface area contributed by atoms with Crippen LogP contribution in [0.2, 0.25) is 0 Å². The van der Waals surface area contributed by atoms with Gasteiger partial charge in [0.15, 0.2) is 21.5 Å². The molecule has 28 heavy (non-hydrogen) atoms. The first-order chi connectivity index (χ1) is 12.6. The van der Waals surface area contributed by atoms with Crippen LogP contribution in [0.25, 0.3) is 0 Å². The van der Waals surface area contributed by atoms with E-state index in [1.54, 1.807) is 0 Å². The first-order valence-electron chi connectivity index (χ1n) is 7.86. The molecule has 0 saturated heterocycles. The van der Waals surface area contributed by atoms with E-state index >= 15 is 0 Å². The monoisotopic (exact) mass is 424 g/mol. The normalized spacial score (nSPS) is 12.9. The predicted molar refractivity (Wildman–Crippen MR) is 91.6 cm³/mol. The number of hydrogen-bond donors (Lipinski definition) is 1. The summed E-state index contributed by atoms with van der Waals surface area (Å²) in [7, 11) is -3.02. The third kappa shape index (κ3) is 4.51. The van der Waals surface area contributed by atoms with Crippen LogP contribution in [0.4, 0.5) is 27.6 Å². The van der Waals surface area contributed by atoms with E-state index in [0.717, 1.165) is 48.9 Å². The molecule has 0 unspecified atom stereocenters. The summed E-state index contributed by atoms with van der Waals surface area (Å²) in [6.07, 6.45) is -3.72. The fourth-order valence-electron chi connectivity index (χ4n) is 2.34. The average Bonchev–Trinajstić information content (AvgIpc) is 2.92. The van der Waals surface area contributed by atoms with Crippen LogP contribution in [0.1, 0.15) is 24.3 Å². The lowest BCUT2D eigenvalue weighted by Gasteiger charge is -2.26. The molecule has 1 N–H and O–H groups in total. The van der Waals surface area contributed by atoms with E-state index in [0.29, 0.717) is 0 Å². The minimum Gasteiger partial charge on any atom is -0.345 e. The Labute approximate surface area is 158 Å². The highest BCUT2D eigenvalue weighted by atomic mass is 32.2. The van der Waals surface area contributed by atoms with Crippen molar-refractivity contribution in [1.82, 2.24) is 4.57 Å². The molecule has 1 amide bonds. The third-order valence-corrected chi connectivity index (χ3v) is 6.11. The minimum absolute atomic E-state index is 0.0762. The van der Waals surface area contributed by atoms with Gasteiger partial charge in [0, 0.05) is 25.0 Å². The van der Waals surface area contributed by atoms with Crippen molar-refractivity contribution in [3.63, 3.8) is 0 Å². The summed E-state index contributed by atoms with van der Waals surface area (Å²) < 4.78 is 91.1. The van der Waals surface area contributed by atoms with Gasteiger partial charge in [-0.05, 0) is 18.2 Å². The van der Waals surface area contributed by atoms with Crippen molar-refractivity contribution in [3.8, 4) is 0 Å². The van der Waals surface area contributed by atoms with Crippen LogP contribution in [0, 0.1) is 17.0 Å². The van der Waals surface area contributed by atoms with Gasteiger partial charge in [0.05, 0.1) is 16.1 Å². The number of benzene rings is 1. The smallest absolute Gasteiger partial charge is 0.345 e. The van der Waals surface area contributed by atoms with E-state index in [2.05, 4.69) is 5.32 Å². The quantitative estimate of drug-likeness (QED) is 0.740. The number of aromatic nitrogens is 1. The van der Waals surface area contributed by atoms with Gasteiger partial charge in [-0.2, -0.15) is 13.2 Å². The van der Waals surface area contributed by atoms with E-state index in [9.17, 15) is 35.2 Å². The van der Waals surface area contributed by atoms with Crippen molar-refractivity contribution in [2.75, 3.05) is 11.1 Å². The molecule has 1 heterocycles. The van der Waals surface area contributed by atoms with E-state index < -0.39 is 49.6 Å². The van der Waals surface area contributed by atoms with Gasteiger partial charge in [0.1, 0.15) is 5.69 Å². The number of amides is 1. The Morgan fingerprint density at radius 1 is 1.11 bits per heavy atom. The molecule has 2 aromatic rings. The molecule has 0 spiro atoms. The van der Waals surface area contributed by atoms with Crippen LogP contribution in [0.15, 0.2) is 35.4 Å². The van der Waals surface area contributed by atoms with Crippen molar-refractivity contribution in [1.29, 1.82) is 0 Å². The second-order valence-electron chi connectivity index (χ2n) is 6.90. The van der Waals surface area contributed by atoms with Gasteiger partial charge in [-0.15, -0.1) is 0 Å². The van der Waals surface area contributed by atoms with Crippen LogP contribution in [-0.4, -0.2) is 30.8 Å². The molecule has 154 valence electrons. The van der Waals surface area contributed by atoms with Crippen molar-refractivity contribution < 1.29 is 35.2 Å². The van der Waals surface area contributed by atoms with Crippen LogP contribution in [0.5, 0.6) is 0 Å². The topological polar surface area (TPSA) is 68.2 Å². The number of carbonyl (C=O) groups is 1. The number of nitrogens with zero attached hydrogens (tertiary/aromatic N) is 1. The third-order valence-electron chi connectivity index (χ3n) is 4.07. The molecule has 11 heteroatoms. The Bertz CT molecular complexity index is 1010. The Balaban J connectivity index is 2.28. The summed E-state index contributed by atoms with van der Waals surface area (Å²) in [5, 5.41) is 2.26. The highest BCUT2D eigenvalue weighted by Gasteiger charge is 2.50. The molecule has 0 aliphatic rings. The Hall–Kier alpha value is -2.43. The standard InChI is InChI=1S/C17H17F5N2O3S/c1-16(2,17(20,21)22)9-28(26,27)11-7-14(24(3)8-11)15(25)23-10-4-5-12(18)13(19)6-10/h4-8H,9H2,1-3H3,(H,23,25). The summed E-state index contributed by atoms with van der Waals surface area (Å²) in [6, 6.07) is 3.56. The van der Waals surface area contributed by atoms with Gasteiger partial charge in [0.25, 0.3) is 5.91 Å². The number of alkyl halides is 3. The molecule has 0 aliphatic carbocycles. The van der Waals surface area contributed by atoms with Gasteiger partial charge in [-0.3, -0.25) is 4.79 Å². The summed E-state index contributed by atoms with van der Waals surface area (Å²) >= 11 is 0. The van der Waals surface area contributed by atoms with E-state index in [1.165, 1.54) is 7.05 Å².